The second-order valence-electron chi connectivity index (χ2n) is 3.50. The number of aromatic nitrogens is 3. The largest absolute Gasteiger partial charge is 0.397 e. The first-order valence-electron chi connectivity index (χ1n) is 4.43. The normalized spacial score (nSPS) is 16.6. The summed E-state index contributed by atoms with van der Waals surface area (Å²) in [4.78, 5) is 4.28. The van der Waals surface area contributed by atoms with Crippen molar-refractivity contribution in [3.63, 3.8) is 0 Å². The van der Waals surface area contributed by atoms with Gasteiger partial charge in [-0.1, -0.05) is 0 Å². The minimum Gasteiger partial charge on any atom is -0.397 e. The third-order valence-electron chi connectivity index (χ3n) is 2.35. The lowest BCUT2D eigenvalue weighted by molar-refractivity contribution is 0.658. The number of hydrogen-bond acceptors (Lipinski definition) is 3. The fraction of sp³-hybridized carbons (Fsp3) is 0.333. The maximum Gasteiger partial charge on any atom is 0.158 e. The maximum atomic E-state index is 5.63. The van der Waals surface area contributed by atoms with E-state index in [0.717, 1.165) is 11.0 Å². The van der Waals surface area contributed by atoms with Crippen LogP contribution in [0.15, 0.2) is 18.5 Å². The van der Waals surface area contributed by atoms with Gasteiger partial charge in [0.25, 0.3) is 0 Å². The van der Waals surface area contributed by atoms with E-state index < -0.39 is 0 Å². The number of fused-ring (bicyclic) bond motifs is 1. The minimum atomic E-state index is 0.577. The van der Waals surface area contributed by atoms with Crippen LogP contribution in [-0.4, -0.2) is 14.8 Å². The molecule has 4 heteroatoms. The van der Waals surface area contributed by atoms with E-state index in [0.29, 0.717) is 11.7 Å². The Hall–Kier alpha value is -1.58. The van der Waals surface area contributed by atoms with Gasteiger partial charge in [-0.15, -0.1) is 0 Å². The molecule has 0 aromatic carbocycles. The van der Waals surface area contributed by atoms with Gasteiger partial charge >= 0.3 is 0 Å². The summed E-state index contributed by atoms with van der Waals surface area (Å²) in [6, 6.07) is 2.49. The second-order valence-corrected chi connectivity index (χ2v) is 3.50. The fourth-order valence-electron chi connectivity index (χ4n) is 1.54. The first-order chi connectivity index (χ1) is 6.34. The second kappa shape index (κ2) is 2.22. The van der Waals surface area contributed by atoms with Crippen molar-refractivity contribution in [2.24, 2.45) is 0 Å². The Morgan fingerprint density at radius 1 is 1.38 bits per heavy atom. The van der Waals surface area contributed by atoms with Crippen LogP contribution < -0.4 is 5.73 Å². The molecule has 13 heavy (non-hydrogen) atoms. The van der Waals surface area contributed by atoms with Crippen LogP contribution in [0.2, 0.25) is 0 Å². The molecule has 1 aliphatic carbocycles. The highest BCUT2D eigenvalue weighted by Gasteiger charge is 2.26. The molecule has 0 amide bonds. The van der Waals surface area contributed by atoms with Gasteiger partial charge < -0.3 is 5.73 Å². The summed E-state index contributed by atoms with van der Waals surface area (Å²) in [7, 11) is 0. The van der Waals surface area contributed by atoms with E-state index >= 15 is 0 Å². The van der Waals surface area contributed by atoms with E-state index in [1.807, 2.05) is 16.9 Å². The van der Waals surface area contributed by atoms with Crippen LogP contribution in [0.4, 0.5) is 5.69 Å². The van der Waals surface area contributed by atoms with E-state index in [1.165, 1.54) is 12.8 Å². The number of nitrogen functional groups attached to an aromatic ring is 1. The van der Waals surface area contributed by atoms with Gasteiger partial charge in [-0.25, -0.2) is 9.67 Å². The van der Waals surface area contributed by atoms with Gasteiger partial charge in [-0.3, -0.25) is 0 Å². The molecule has 0 aliphatic heterocycles. The van der Waals surface area contributed by atoms with Crippen LogP contribution >= 0.6 is 0 Å². The highest BCUT2D eigenvalue weighted by atomic mass is 15.3. The molecule has 0 saturated heterocycles. The average Bonchev–Trinajstić information content (AvgIpc) is 2.87. The van der Waals surface area contributed by atoms with Gasteiger partial charge in [-0.2, -0.15) is 5.10 Å². The van der Waals surface area contributed by atoms with Gasteiger partial charge in [-0.05, 0) is 18.9 Å². The van der Waals surface area contributed by atoms with Crippen LogP contribution in [0.3, 0.4) is 0 Å². The lowest BCUT2D eigenvalue weighted by atomic mass is 10.3. The number of nitrogens with two attached hydrogens (primary N) is 1. The number of rotatable bonds is 1. The van der Waals surface area contributed by atoms with Crippen LogP contribution in [0.5, 0.6) is 0 Å². The molecule has 66 valence electrons. The van der Waals surface area contributed by atoms with E-state index in [2.05, 4.69) is 10.1 Å². The summed E-state index contributed by atoms with van der Waals surface area (Å²) < 4.78 is 1.99. The predicted molar refractivity (Wildman–Crippen MR) is 50.2 cm³/mol. The molecule has 1 saturated carbocycles. The van der Waals surface area contributed by atoms with Crippen molar-refractivity contribution in [2.45, 2.75) is 18.9 Å². The van der Waals surface area contributed by atoms with Gasteiger partial charge in [0.1, 0.15) is 0 Å². The third kappa shape index (κ3) is 0.983. The average molecular weight is 174 g/mol. The third-order valence-corrected chi connectivity index (χ3v) is 2.35. The van der Waals surface area contributed by atoms with Crippen molar-refractivity contribution >= 4 is 16.7 Å². The van der Waals surface area contributed by atoms with E-state index in [1.54, 1.807) is 6.20 Å². The Labute approximate surface area is 75.4 Å². The minimum absolute atomic E-state index is 0.577. The first-order valence-corrected chi connectivity index (χ1v) is 4.43. The molecular formula is C9H10N4. The Morgan fingerprint density at radius 3 is 3.00 bits per heavy atom. The number of anilines is 1. The number of hydrogen-bond donors (Lipinski definition) is 1. The molecule has 1 aliphatic rings. The van der Waals surface area contributed by atoms with Gasteiger partial charge in [0.15, 0.2) is 5.65 Å². The highest BCUT2D eigenvalue weighted by Crippen LogP contribution is 2.36. The molecule has 0 bridgehead atoms. The van der Waals surface area contributed by atoms with Crippen molar-refractivity contribution in [3.8, 4) is 0 Å². The molecule has 0 radical (unpaired) electrons. The zero-order valence-electron chi connectivity index (χ0n) is 7.14. The molecule has 2 aromatic heterocycles. The molecule has 0 spiro atoms. The summed E-state index contributed by atoms with van der Waals surface area (Å²) >= 11 is 0. The standard InChI is InChI=1S/C9H10N4/c10-7-3-6-4-12-13(8-1-2-8)9(6)11-5-7/h3-5,8H,1-2,10H2. The maximum absolute atomic E-state index is 5.63. The van der Waals surface area contributed by atoms with Crippen molar-refractivity contribution in [1.29, 1.82) is 0 Å². The summed E-state index contributed by atoms with van der Waals surface area (Å²) in [5, 5.41) is 5.33. The monoisotopic (exact) mass is 174 g/mol. The Kier molecular flexibility index (Phi) is 1.17. The molecule has 2 N–H and O–H groups in total. The summed E-state index contributed by atoms with van der Waals surface area (Å²) in [5.41, 5.74) is 7.28. The predicted octanol–water partition coefficient (Wildman–Crippen LogP) is 1.35. The highest BCUT2D eigenvalue weighted by molar-refractivity contribution is 5.77. The Morgan fingerprint density at radius 2 is 2.23 bits per heavy atom. The van der Waals surface area contributed by atoms with Gasteiger partial charge in [0, 0.05) is 5.39 Å². The lowest BCUT2D eigenvalue weighted by Crippen LogP contribution is -1.97. The van der Waals surface area contributed by atoms with Crippen molar-refractivity contribution in [2.75, 3.05) is 5.73 Å². The molecule has 4 nitrogen and oxygen atoms in total. The van der Waals surface area contributed by atoms with Gasteiger partial charge in [0.2, 0.25) is 0 Å². The van der Waals surface area contributed by atoms with Crippen LogP contribution in [0.25, 0.3) is 11.0 Å². The van der Waals surface area contributed by atoms with Crippen LogP contribution in [-0.2, 0) is 0 Å². The quantitative estimate of drug-likeness (QED) is 0.709. The van der Waals surface area contributed by atoms with Crippen LogP contribution in [0, 0.1) is 0 Å². The number of nitrogens with zero attached hydrogens (tertiary/aromatic N) is 3. The smallest absolute Gasteiger partial charge is 0.158 e. The van der Waals surface area contributed by atoms with Crippen LogP contribution in [0.1, 0.15) is 18.9 Å². The molecule has 2 heterocycles. The zero-order chi connectivity index (χ0) is 8.84. The fourth-order valence-corrected chi connectivity index (χ4v) is 1.54. The summed E-state index contributed by atoms with van der Waals surface area (Å²) in [6.07, 6.45) is 5.96. The van der Waals surface area contributed by atoms with Crippen molar-refractivity contribution in [1.82, 2.24) is 14.8 Å². The molecule has 2 aromatic rings. The van der Waals surface area contributed by atoms with E-state index in [4.69, 9.17) is 5.73 Å². The molecule has 0 atom stereocenters. The lowest BCUT2D eigenvalue weighted by Gasteiger charge is -1.98. The summed E-state index contributed by atoms with van der Waals surface area (Å²) in [5.74, 6) is 0. The van der Waals surface area contributed by atoms with Gasteiger partial charge in [0.05, 0.1) is 24.1 Å². The van der Waals surface area contributed by atoms with E-state index in [-0.39, 0.29) is 0 Å². The molecular weight excluding hydrogens is 164 g/mol. The molecule has 0 unspecified atom stereocenters. The molecule has 1 fully saturated rings. The van der Waals surface area contributed by atoms with Crippen molar-refractivity contribution < 1.29 is 0 Å². The van der Waals surface area contributed by atoms with E-state index in [9.17, 15) is 0 Å². The zero-order valence-corrected chi connectivity index (χ0v) is 7.14. The Bertz CT molecular complexity index is 456. The number of pyridine rings is 1. The first kappa shape index (κ1) is 6.88. The van der Waals surface area contributed by atoms with Crippen molar-refractivity contribution in [3.05, 3.63) is 18.5 Å². The topological polar surface area (TPSA) is 56.7 Å². The summed E-state index contributed by atoms with van der Waals surface area (Å²) in [6.45, 7) is 0. The molecule has 3 rings (SSSR count). The SMILES string of the molecule is Nc1cnc2c(cnn2C2CC2)c1. The Balaban J connectivity index is 2.26.